The molecule has 0 amide bonds. The molecule has 15 nitrogen and oxygen atoms in total. The van der Waals surface area contributed by atoms with Crippen molar-refractivity contribution >= 4 is 11.9 Å². The molecule has 15 heteroatoms. The Bertz CT molecular complexity index is 1260. The first-order valence-corrected chi connectivity index (χ1v) is 17.4. The van der Waals surface area contributed by atoms with Gasteiger partial charge in [0.2, 0.25) is 0 Å². The standard InChI is InChI=1S/C34H52O15/c1-14-24(37)26(39)28(41)31(45-14)49-29-27(40)25(38)20(13-43-15(2)35)47-32(29)48-22-8-9-34(5)18-11-19(16-10-23(36)44-12-16)46-30(42)17(18)6-7-21(34)33(22,3)4/h10,14,17-22,24-32,37-42H,6-9,11-13H2,1-5H3/t14-,17-,18+,19+,20+,21-,22-,24-,25+,26+,27-,28+,29+,30-,31-,32-,34+/m0/s1. The van der Waals surface area contributed by atoms with Crippen LogP contribution in [0.15, 0.2) is 11.6 Å². The molecule has 3 saturated heterocycles. The number of hydrogen-bond acceptors (Lipinski definition) is 15. The Balaban J connectivity index is 1.23. The Kier molecular flexibility index (Phi) is 10.6. The van der Waals surface area contributed by atoms with E-state index in [1.807, 2.05) is 0 Å². The number of ether oxygens (including phenoxy) is 7. The van der Waals surface area contributed by atoms with E-state index >= 15 is 0 Å². The van der Waals surface area contributed by atoms with E-state index in [4.69, 9.17) is 33.2 Å². The first kappa shape index (κ1) is 37.0. The van der Waals surface area contributed by atoms with Crippen molar-refractivity contribution < 1.29 is 73.4 Å². The van der Waals surface area contributed by atoms with E-state index in [1.54, 1.807) is 0 Å². The number of esters is 2. The van der Waals surface area contributed by atoms with Gasteiger partial charge in [-0.15, -0.1) is 0 Å². The maximum Gasteiger partial charge on any atom is 0.331 e. The van der Waals surface area contributed by atoms with Crippen molar-refractivity contribution in [2.24, 2.45) is 28.6 Å². The van der Waals surface area contributed by atoms with Gasteiger partial charge in [0.15, 0.2) is 18.9 Å². The number of aliphatic hydroxyl groups excluding tert-OH is 6. The fourth-order valence-electron chi connectivity index (χ4n) is 9.60. The summed E-state index contributed by atoms with van der Waals surface area (Å²) in [5.74, 6) is -0.862. The van der Waals surface area contributed by atoms with E-state index in [0.29, 0.717) is 12.8 Å². The van der Waals surface area contributed by atoms with Crippen LogP contribution >= 0.6 is 0 Å². The van der Waals surface area contributed by atoms with E-state index in [1.165, 1.54) is 19.9 Å². The zero-order chi connectivity index (χ0) is 35.6. The molecule has 6 N–H and O–H groups in total. The molecule has 0 unspecified atom stereocenters. The number of hydrogen-bond donors (Lipinski definition) is 6. The fourth-order valence-corrected chi connectivity index (χ4v) is 9.60. The fraction of sp³-hybridized carbons (Fsp3) is 0.882. The molecule has 4 heterocycles. The summed E-state index contributed by atoms with van der Waals surface area (Å²) in [4.78, 5) is 23.4. The highest BCUT2D eigenvalue weighted by Crippen LogP contribution is 2.64. The van der Waals surface area contributed by atoms with Crippen molar-refractivity contribution in [3.63, 3.8) is 0 Å². The van der Waals surface area contributed by atoms with E-state index in [2.05, 4.69) is 20.8 Å². The SMILES string of the molecule is CC(=O)OC[C@H]1O[C@@H](O[C@H]2CC[C@]3(C)[C@@H]4C[C@H](C5=CC(=O)OC5)O[C@H](O)[C@H]4CC[C@H]3C2(C)C)[C@H](O[C@@H]2O[C@@H](C)[C@H](O)[C@@H](O)[C@H]2O)[C@@H](O)[C@@H]1O. The monoisotopic (exact) mass is 700 g/mol. The van der Waals surface area contributed by atoms with Gasteiger partial charge in [0.05, 0.1) is 18.3 Å². The quantitative estimate of drug-likeness (QED) is 0.148. The summed E-state index contributed by atoms with van der Waals surface area (Å²) in [6.07, 6.45) is -11.1. The van der Waals surface area contributed by atoms with E-state index in [0.717, 1.165) is 24.8 Å². The summed E-state index contributed by atoms with van der Waals surface area (Å²) in [5.41, 5.74) is 0.0411. The summed E-state index contributed by atoms with van der Waals surface area (Å²) in [6, 6.07) is 0. The molecule has 6 rings (SSSR count). The number of aliphatic hydroxyl groups is 6. The van der Waals surface area contributed by atoms with Gasteiger partial charge in [0, 0.05) is 24.5 Å². The molecule has 0 aromatic rings. The number of cyclic esters (lactones) is 1. The van der Waals surface area contributed by atoms with Gasteiger partial charge >= 0.3 is 11.9 Å². The molecule has 5 fully saturated rings. The van der Waals surface area contributed by atoms with Crippen molar-refractivity contribution in [2.75, 3.05) is 13.2 Å². The van der Waals surface area contributed by atoms with Crippen LogP contribution in [0.25, 0.3) is 0 Å². The van der Waals surface area contributed by atoms with Crippen LogP contribution in [-0.4, -0.2) is 136 Å². The van der Waals surface area contributed by atoms with Gasteiger partial charge in [-0.1, -0.05) is 20.8 Å². The Labute approximate surface area is 285 Å². The van der Waals surface area contributed by atoms with Gasteiger partial charge < -0.3 is 63.8 Å². The molecule has 0 aromatic heterocycles. The Morgan fingerprint density at radius 3 is 2.31 bits per heavy atom. The van der Waals surface area contributed by atoms with Crippen LogP contribution in [0, 0.1) is 28.6 Å². The highest BCUT2D eigenvalue weighted by atomic mass is 16.8. The van der Waals surface area contributed by atoms with Crippen LogP contribution < -0.4 is 0 Å². The normalized spacial score (nSPS) is 49.7. The lowest BCUT2D eigenvalue weighted by Gasteiger charge is -2.63. The van der Waals surface area contributed by atoms with Crippen molar-refractivity contribution in [3.8, 4) is 0 Å². The van der Waals surface area contributed by atoms with Crippen LogP contribution in [0.2, 0.25) is 0 Å². The number of carbonyl (C=O) groups excluding carboxylic acids is 2. The van der Waals surface area contributed by atoms with Crippen molar-refractivity contribution in [2.45, 2.75) is 147 Å². The van der Waals surface area contributed by atoms with Gasteiger partial charge in [-0.3, -0.25) is 4.79 Å². The molecular weight excluding hydrogens is 648 g/mol. The molecule has 2 saturated carbocycles. The minimum atomic E-state index is -1.68. The lowest BCUT2D eigenvalue weighted by Crippen LogP contribution is -2.65. The third kappa shape index (κ3) is 6.81. The zero-order valence-electron chi connectivity index (χ0n) is 28.6. The Morgan fingerprint density at radius 1 is 0.898 bits per heavy atom. The molecular formula is C34H52O15. The van der Waals surface area contributed by atoms with Gasteiger partial charge in [-0.25, -0.2) is 4.79 Å². The highest BCUT2D eigenvalue weighted by Gasteiger charge is 2.62. The Hall–Kier alpha value is -1.76. The number of carbonyl (C=O) groups is 2. The summed E-state index contributed by atoms with van der Waals surface area (Å²) >= 11 is 0. The van der Waals surface area contributed by atoms with Crippen LogP contribution in [0.4, 0.5) is 0 Å². The second kappa shape index (κ2) is 14.0. The molecule has 6 aliphatic rings. The van der Waals surface area contributed by atoms with Gasteiger partial charge in [-0.2, -0.15) is 0 Å². The largest absolute Gasteiger partial charge is 0.463 e. The van der Waals surface area contributed by atoms with E-state index < -0.39 is 97.3 Å². The van der Waals surface area contributed by atoms with Gasteiger partial charge in [0.25, 0.3) is 0 Å². The molecule has 0 radical (unpaired) electrons. The van der Waals surface area contributed by atoms with Crippen molar-refractivity contribution in [1.82, 2.24) is 0 Å². The smallest absolute Gasteiger partial charge is 0.331 e. The molecule has 2 aliphatic carbocycles. The first-order chi connectivity index (χ1) is 23.0. The van der Waals surface area contributed by atoms with Crippen LogP contribution in [0.1, 0.15) is 66.7 Å². The maximum absolute atomic E-state index is 11.8. The Morgan fingerprint density at radius 2 is 1.63 bits per heavy atom. The summed E-state index contributed by atoms with van der Waals surface area (Å²) in [6.45, 7) is 8.99. The molecule has 278 valence electrons. The second-order valence-corrected chi connectivity index (χ2v) is 15.6. The average Bonchev–Trinajstić information content (AvgIpc) is 3.48. The predicted octanol–water partition coefficient (Wildman–Crippen LogP) is -0.347. The number of fused-ring (bicyclic) bond motifs is 3. The number of rotatable bonds is 7. The lowest BCUT2D eigenvalue weighted by atomic mass is 9.44. The first-order valence-electron chi connectivity index (χ1n) is 17.4. The average molecular weight is 701 g/mol. The predicted molar refractivity (Wildman–Crippen MR) is 165 cm³/mol. The van der Waals surface area contributed by atoms with Crippen LogP contribution in [-0.2, 0) is 42.7 Å². The van der Waals surface area contributed by atoms with Crippen molar-refractivity contribution in [3.05, 3.63) is 11.6 Å². The molecule has 0 spiro atoms. The molecule has 17 atom stereocenters. The van der Waals surface area contributed by atoms with Crippen molar-refractivity contribution in [1.29, 1.82) is 0 Å². The molecule has 4 aliphatic heterocycles. The minimum absolute atomic E-state index is 0.0688. The summed E-state index contributed by atoms with van der Waals surface area (Å²) in [5, 5.41) is 64.6. The third-order valence-corrected chi connectivity index (χ3v) is 12.4. The summed E-state index contributed by atoms with van der Waals surface area (Å²) in [7, 11) is 0. The second-order valence-electron chi connectivity index (χ2n) is 15.6. The maximum atomic E-state index is 11.8. The molecule has 0 bridgehead atoms. The van der Waals surface area contributed by atoms with Crippen LogP contribution in [0.3, 0.4) is 0 Å². The zero-order valence-corrected chi connectivity index (χ0v) is 28.6. The van der Waals surface area contributed by atoms with E-state index in [-0.39, 0.29) is 36.4 Å². The topological polar surface area (TPSA) is 220 Å². The highest BCUT2D eigenvalue weighted by molar-refractivity contribution is 5.85. The lowest BCUT2D eigenvalue weighted by molar-refractivity contribution is -0.376. The molecule has 0 aromatic carbocycles. The summed E-state index contributed by atoms with van der Waals surface area (Å²) < 4.78 is 40.7. The van der Waals surface area contributed by atoms with Crippen LogP contribution in [0.5, 0.6) is 0 Å². The minimum Gasteiger partial charge on any atom is -0.463 e. The van der Waals surface area contributed by atoms with Gasteiger partial charge in [-0.05, 0) is 61.7 Å². The molecule has 49 heavy (non-hydrogen) atoms. The third-order valence-electron chi connectivity index (χ3n) is 12.4. The van der Waals surface area contributed by atoms with Gasteiger partial charge in [0.1, 0.15) is 55.9 Å². The van der Waals surface area contributed by atoms with E-state index in [9.17, 15) is 40.2 Å².